The molecule has 0 unspecified atom stereocenters. The summed E-state index contributed by atoms with van der Waals surface area (Å²) in [5, 5.41) is 6.58. The molecule has 0 bridgehead atoms. The molecule has 1 aliphatic rings. The van der Waals surface area contributed by atoms with Crippen LogP contribution < -0.4 is 5.32 Å². The molecule has 1 saturated carbocycles. The maximum absolute atomic E-state index is 11.7. The van der Waals surface area contributed by atoms with Gasteiger partial charge in [-0.15, -0.1) is 0 Å². The lowest BCUT2D eigenvalue weighted by Gasteiger charge is -2.02. The van der Waals surface area contributed by atoms with Gasteiger partial charge in [-0.1, -0.05) is 17.3 Å². The van der Waals surface area contributed by atoms with Crippen molar-refractivity contribution >= 4 is 12.1 Å². The largest absolute Gasteiger partial charge is 0.399 e. The number of rotatable bonds is 4. The van der Waals surface area contributed by atoms with Crippen molar-refractivity contribution in [3.63, 3.8) is 0 Å². The lowest BCUT2D eigenvalue weighted by atomic mass is 10.1. The van der Waals surface area contributed by atoms with Gasteiger partial charge in [0.1, 0.15) is 7.11 Å². The number of oxime groups is 1. The van der Waals surface area contributed by atoms with E-state index in [1.807, 2.05) is 12.1 Å². The van der Waals surface area contributed by atoms with Gasteiger partial charge in [0.05, 0.1) is 6.21 Å². The van der Waals surface area contributed by atoms with E-state index < -0.39 is 0 Å². The van der Waals surface area contributed by atoms with Crippen LogP contribution in [0.3, 0.4) is 0 Å². The van der Waals surface area contributed by atoms with Crippen molar-refractivity contribution in [2.75, 3.05) is 7.11 Å². The smallest absolute Gasteiger partial charge is 0.251 e. The lowest BCUT2D eigenvalue weighted by molar-refractivity contribution is 0.0951. The molecule has 0 heterocycles. The zero-order valence-corrected chi connectivity index (χ0v) is 9.14. The number of hydrogen-bond donors (Lipinski definition) is 1. The Balaban J connectivity index is 2.00. The highest BCUT2D eigenvalue weighted by Crippen LogP contribution is 2.19. The van der Waals surface area contributed by atoms with Crippen LogP contribution >= 0.6 is 0 Å². The van der Waals surface area contributed by atoms with Crippen molar-refractivity contribution in [2.24, 2.45) is 5.16 Å². The van der Waals surface area contributed by atoms with Crippen LogP contribution in [-0.2, 0) is 4.84 Å². The van der Waals surface area contributed by atoms with E-state index in [0.717, 1.165) is 18.4 Å². The molecule has 1 aliphatic carbocycles. The molecule has 0 atom stereocenters. The van der Waals surface area contributed by atoms with Gasteiger partial charge in [0.15, 0.2) is 0 Å². The van der Waals surface area contributed by atoms with Gasteiger partial charge in [-0.25, -0.2) is 0 Å². The third-order valence-corrected chi connectivity index (χ3v) is 2.39. The first-order valence-corrected chi connectivity index (χ1v) is 5.27. The number of amides is 1. The van der Waals surface area contributed by atoms with E-state index >= 15 is 0 Å². The molecule has 4 heteroatoms. The van der Waals surface area contributed by atoms with Crippen LogP contribution in [-0.4, -0.2) is 25.3 Å². The Morgan fingerprint density at radius 2 is 2.12 bits per heavy atom. The number of nitrogens with zero attached hydrogens (tertiary/aromatic N) is 1. The Bertz CT molecular complexity index is 394. The van der Waals surface area contributed by atoms with Crippen molar-refractivity contribution in [2.45, 2.75) is 18.9 Å². The summed E-state index contributed by atoms with van der Waals surface area (Å²) in [5.41, 5.74) is 1.59. The van der Waals surface area contributed by atoms with E-state index in [4.69, 9.17) is 0 Å². The molecule has 0 aromatic heterocycles. The minimum Gasteiger partial charge on any atom is -0.399 e. The van der Waals surface area contributed by atoms with Gasteiger partial charge in [0, 0.05) is 11.6 Å². The molecule has 0 spiro atoms. The quantitative estimate of drug-likeness (QED) is 0.616. The first-order chi connectivity index (χ1) is 7.79. The molecule has 2 rings (SSSR count). The number of nitrogens with one attached hydrogen (secondary N) is 1. The van der Waals surface area contributed by atoms with Crippen molar-refractivity contribution in [3.8, 4) is 0 Å². The first kappa shape index (κ1) is 10.7. The summed E-state index contributed by atoms with van der Waals surface area (Å²) in [5.74, 6) is -0.00210. The van der Waals surface area contributed by atoms with Crippen molar-refractivity contribution in [1.29, 1.82) is 0 Å². The molecule has 1 aromatic rings. The SMILES string of the molecule is CON=Cc1ccc(C(=O)NC2CC2)cc1. The van der Waals surface area contributed by atoms with Crippen molar-refractivity contribution in [1.82, 2.24) is 5.32 Å². The number of carbonyl (C=O) groups is 1. The van der Waals surface area contributed by atoms with Gasteiger partial charge >= 0.3 is 0 Å². The van der Waals surface area contributed by atoms with Crippen molar-refractivity contribution in [3.05, 3.63) is 35.4 Å². The maximum Gasteiger partial charge on any atom is 0.251 e. The van der Waals surface area contributed by atoms with E-state index in [0.29, 0.717) is 11.6 Å². The normalized spacial score (nSPS) is 15.1. The summed E-state index contributed by atoms with van der Waals surface area (Å²) >= 11 is 0. The van der Waals surface area contributed by atoms with Gasteiger partial charge in [0.25, 0.3) is 5.91 Å². The number of carbonyl (C=O) groups excluding carboxylic acids is 1. The second-order valence-electron chi connectivity index (χ2n) is 3.79. The van der Waals surface area contributed by atoms with Crippen LogP contribution in [0, 0.1) is 0 Å². The minimum absolute atomic E-state index is 0.00210. The van der Waals surface area contributed by atoms with Crippen LogP contribution in [0.2, 0.25) is 0 Å². The summed E-state index contributed by atoms with van der Waals surface area (Å²) in [7, 11) is 1.49. The zero-order valence-electron chi connectivity index (χ0n) is 9.14. The summed E-state index contributed by atoms with van der Waals surface area (Å²) < 4.78 is 0. The molecule has 4 nitrogen and oxygen atoms in total. The maximum atomic E-state index is 11.7. The van der Waals surface area contributed by atoms with Crippen LogP contribution in [0.5, 0.6) is 0 Å². The van der Waals surface area contributed by atoms with Crippen LogP contribution in [0.25, 0.3) is 0 Å². The van der Waals surface area contributed by atoms with Crippen molar-refractivity contribution < 1.29 is 9.63 Å². The molecule has 84 valence electrons. The standard InChI is InChI=1S/C12H14N2O2/c1-16-13-8-9-2-4-10(5-3-9)12(15)14-11-6-7-11/h2-5,8,11H,6-7H2,1H3,(H,14,15). The zero-order chi connectivity index (χ0) is 11.4. The Morgan fingerprint density at radius 3 is 2.69 bits per heavy atom. The summed E-state index contributed by atoms with van der Waals surface area (Å²) in [4.78, 5) is 16.2. The number of benzene rings is 1. The third-order valence-electron chi connectivity index (χ3n) is 2.39. The Labute approximate surface area is 94.3 Å². The summed E-state index contributed by atoms with van der Waals surface area (Å²) in [6.45, 7) is 0. The highest BCUT2D eigenvalue weighted by Gasteiger charge is 2.23. The Kier molecular flexibility index (Phi) is 3.19. The highest BCUT2D eigenvalue weighted by molar-refractivity contribution is 5.95. The molecule has 16 heavy (non-hydrogen) atoms. The van der Waals surface area contributed by atoms with Gasteiger partial charge in [-0.05, 0) is 30.5 Å². The molecule has 1 N–H and O–H groups in total. The fourth-order valence-corrected chi connectivity index (χ4v) is 1.33. The molecule has 1 aromatic carbocycles. The van der Waals surface area contributed by atoms with Gasteiger partial charge in [-0.2, -0.15) is 0 Å². The Morgan fingerprint density at radius 1 is 1.44 bits per heavy atom. The van der Waals surface area contributed by atoms with Gasteiger partial charge < -0.3 is 10.2 Å². The molecular weight excluding hydrogens is 204 g/mol. The van der Waals surface area contributed by atoms with Crippen LogP contribution in [0.4, 0.5) is 0 Å². The fraction of sp³-hybridized carbons (Fsp3) is 0.333. The van der Waals surface area contributed by atoms with E-state index in [2.05, 4.69) is 15.3 Å². The van der Waals surface area contributed by atoms with Crippen LogP contribution in [0.1, 0.15) is 28.8 Å². The Hall–Kier alpha value is -1.84. The highest BCUT2D eigenvalue weighted by atomic mass is 16.6. The molecule has 1 fully saturated rings. The second kappa shape index (κ2) is 4.79. The van der Waals surface area contributed by atoms with Gasteiger partial charge in [-0.3, -0.25) is 4.79 Å². The summed E-state index contributed by atoms with van der Waals surface area (Å²) in [6.07, 6.45) is 3.80. The monoisotopic (exact) mass is 218 g/mol. The topological polar surface area (TPSA) is 50.7 Å². The molecule has 0 radical (unpaired) electrons. The first-order valence-electron chi connectivity index (χ1n) is 5.27. The third kappa shape index (κ3) is 2.82. The summed E-state index contributed by atoms with van der Waals surface area (Å²) in [6, 6.07) is 7.64. The van der Waals surface area contributed by atoms with E-state index in [9.17, 15) is 4.79 Å². The predicted octanol–water partition coefficient (Wildman–Crippen LogP) is 1.56. The fourth-order valence-electron chi connectivity index (χ4n) is 1.33. The average molecular weight is 218 g/mol. The molecule has 1 amide bonds. The predicted molar refractivity (Wildman–Crippen MR) is 61.5 cm³/mol. The van der Waals surface area contributed by atoms with Gasteiger partial charge in [0.2, 0.25) is 0 Å². The lowest BCUT2D eigenvalue weighted by Crippen LogP contribution is -2.25. The molecular formula is C12H14N2O2. The average Bonchev–Trinajstić information content (AvgIpc) is 3.11. The second-order valence-corrected chi connectivity index (χ2v) is 3.79. The van der Waals surface area contributed by atoms with E-state index in [1.54, 1.807) is 18.3 Å². The minimum atomic E-state index is -0.00210. The van der Waals surface area contributed by atoms with E-state index in [-0.39, 0.29) is 5.91 Å². The molecule has 0 aliphatic heterocycles. The molecule has 0 saturated heterocycles. The number of hydrogen-bond acceptors (Lipinski definition) is 3. The van der Waals surface area contributed by atoms with E-state index in [1.165, 1.54) is 7.11 Å². The van der Waals surface area contributed by atoms with Crippen LogP contribution in [0.15, 0.2) is 29.4 Å².